The molecule has 0 heterocycles. The third-order valence-electron chi connectivity index (χ3n) is 1.86. The third kappa shape index (κ3) is 5.08. The van der Waals surface area contributed by atoms with Crippen LogP contribution in [0.15, 0.2) is 24.3 Å². The highest BCUT2D eigenvalue weighted by Crippen LogP contribution is 2.25. The summed E-state index contributed by atoms with van der Waals surface area (Å²) in [6, 6.07) is 5.15. The van der Waals surface area contributed by atoms with E-state index in [1.165, 1.54) is 6.08 Å². The highest BCUT2D eigenvalue weighted by Gasteiger charge is 2.11. The summed E-state index contributed by atoms with van der Waals surface area (Å²) in [6.45, 7) is 5.51. The minimum Gasteiger partial charge on any atom is -0.268 e. The van der Waals surface area contributed by atoms with E-state index in [1.807, 2.05) is 20.8 Å². The molecule has 1 N–H and O–H groups in total. The van der Waals surface area contributed by atoms with Gasteiger partial charge in [0, 0.05) is 21.7 Å². The zero-order valence-electron chi connectivity index (χ0n) is 10.5. The molecule has 0 saturated carbocycles. The number of carbonyl (C=O) groups excluding carboxylic acids is 1. The lowest BCUT2D eigenvalue weighted by atomic mass is 10.2. The van der Waals surface area contributed by atoms with Crippen LogP contribution in [0.5, 0.6) is 0 Å². The van der Waals surface area contributed by atoms with Crippen LogP contribution in [0.4, 0.5) is 0 Å². The first kappa shape index (κ1) is 15.0. The lowest BCUT2D eigenvalue weighted by Crippen LogP contribution is -2.32. The van der Waals surface area contributed by atoms with Gasteiger partial charge in [-0.3, -0.25) is 9.63 Å². The normalized spacial score (nSPS) is 11.8. The summed E-state index contributed by atoms with van der Waals surface area (Å²) in [4.78, 5) is 16.6. The maximum atomic E-state index is 11.5. The van der Waals surface area contributed by atoms with E-state index in [9.17, 15) is 4.79 Å². The van der Waals surface area contributed by atoms with Crippen molar-refractivity contribution in [3.63, 3.8) is 0 Å². The van der Waals surface area contributed by atoms with Gasteiger partial charge in [-0.2, -0.15) is 0 Å². The Morgan fingerprint density at radius 1 is 1.28 bits per heavy atom. The van der Waals surface area contributed by atoms with Crippen LogP contribution in [0.1, 0.15) is 26.3 Å². The molecule has 3 nitrogen and oxygen atoms in total. The van der Waals surface area contributed by atoms with Crippen molar-refractivity contribution in [3.8, 4) is 0 Å². The van der Waals surface area contributed by atoms with Gasteiger partial charge in [0.05, 0.1) is 5.60 Å². The standard InChI is InChI=1S/C13H15Cl2NO2/c1-13(2,3)18-16-12(17)8-7-9-10(14)5-4-6-11(9)15/h4-8H,1-3H3,(H,16,17)/b8-7+. The summed E-state index contributed by atoms with van der Waals surface area (Å²) >= 11 is 11.9. The molecule has 0 unspecified atom stereocenters. The van der Waals surface area contributed by atoms with Crippen molar-refractivity contribution in [3.05, 3.63) is 39.9 Å². The van der Waals surface area contributed by atoms with E-state index >= 15 is 0 Å². The quantitative estimate of drug-likeness (QED) is 0.677. The van der Waals surface area contributed by atoms with Gasteiger partial charge >= 0.3 is 0 Å². The molecule has 0 aliphatic rings. The van der Waals surface area contributed by atoms with Crippen LogP contribution in [0.2, 0.25) is 10.0 Å². The Bertz CT molecular complexity index is 444. The van der Waals surface area contributed by atoms with Crippen molar-refractivity contribution in [1.29, 1.82) is 0 Å². The number of carbonyl (C=O) groups is 1. The van der Waals surface area contributed by atoms with E-state index in [2.05, 4.69) is 5.48 Å². The number of amides is 1. The van der Waals surface area contributed by atoms with Gasteiger partial charge in [0.15, 0.2) is 0 Å². The van der Waals surface area contributed by atoms with Gasteiger partial charge in [0.25, 0.3) is 5.91 Å². The van der Waals surface area contributed by atoms with Crippen LogP contribution in [0.3, 0.4) is 0 Å². The molecular weight excluding hydrogens is 273 g/mol. The molecule has 0 aromatic heterocycles. The Kier molecular flexibility index (Phi) is 5.20. The fourth-order valence-corrected chi connectivity index (χ4v) is 1.59. The van der Waals surface area contributed by atoms with Gasteiger partial charge in [-0.15, -0.1) is 0 Å². The lowest BCUT2D eigenvalue weighted by Gasteiger charge is -2.18. The van der Waals surface area contributed by atoms with E-state index in [0.717, 1.165) is 0 Å². The van der Waals surface area contributed by atoms with E-state index in [1.54, 1.807) is 24.3 Å². The molecule has 98 valence electrons. The summed E-state index contributed by atoms with van der Waals surface area (Å²) in [5.41, 5.74) is 2.48. The minimum atomic E-state index is -0.439. The van der Waals surface area contributed by atoms with E-state index in [-0.39, 0.29) is 5.91 Å². The van der Waals surface area contributed by atoms with Crippen LogP contribution in [0.25, 0.3) is 6.08 Å². The molecule has 1 aromatic rings. The molecule has 5 heteroatoms. The van der Waals surface area contributed by atoms with Crippen molar-refractivity contribution in [1.82, 2.24) is 5.48 Å². The molecule has 0 saturated heterocycles. The molecule has 0 bridgehead atoms. The van der Waals surface area contributed by atoms with Crippen LogP contribution in [-0.4, -0.2) is 11.5 Å². The SMILES string of the molecule is CC(C)(C)ONC(=O)/C=C/c1c(Cl)cccc1Cl. The summed E-state index contributed by atoms with van der Waals surface area (Å²) in [5, 5.41) is 0.978. The molecule has 0 aliphatic carbocycles. The molecule has 0 atom stereocenters. The zero-order chi connectivity index (χ0) is 13.8. The smallest absolute Gasteiger partial charge is 0.267 e. The van der Waals surface area contributed by atoms with Crippen LogP contribution >= 0.6 is 23.2 Å². The first-order valence-electron chi connectivity index (χ1n) is 5.40. The topological polar surface area (TPSA) is 38.3 Å². The Morgan fingerprint density at radius 3 is 2.33 bits per heavy atom. The molecule has 0 spiro atoms. The molecule has 0 fully saturated rings. The predicted molar refractivity (Wildman–Crippen MR) is 74.5 cm³/mol. The fraction of sp³-hybridized carbons (Fsp3) is 0.308. The highest BCUT2D eigenvalue weighted by molar-refractivity contribution is 6.37. The molecule has 0 aliphatic heterocycles. The number of hydrogen-bond donors (Lipinski definition) is 1. The predicted octanol–water partition coefficient (Wildman–Crippen LogP) is 3.85. The van der Waals surface area contributed by atoms with Crippen LogP contribution in [0, 0.1) is 0 Å². The summed E-state index contributed by atoms with van der Waals surface area (Å²) in [5.74, 6) is -0.374. The lowest BCUT2D eigenvalue weighted by molar-refractivity contribution is -0.140. The largest absolute Gasteiger partial charge is 0.268 e. The number of nitrogens with one attached hydrogen (secondary N) is 1. The summed E-state index contributed by atoms with van der Waals surface area (Å²) in [7, 11) is 0. The monoisotopic (exact) mass is 287 g/mol. The molecule has 1 amide bonds. The van der Waals surface area contributed by atoms with Crippen molar-refractivity contribution in [2.24, 2.45) is 0 Å². The number of rotatable bonds is 3. The van der Waals surface area contributed by atoms with Gasteiger partial charge in [0.1, 0.15) is 0 Å². The third-order valence-corrected chi connectivity index (χ3v) is 2.52. The van der Waals surface area contributed by atoms with Crippen molar-refractivity contribution in [2.75, 3.05) is 0 Å². The van der Waals surface area contributed by atoms with Crippen LogP contribution in [-0.2, 0) is 9.63 Å². The van der Waals surface area contributed by atoms with Crippen LogP contribution < -0.4 is 5.48 Å². The number of halogens is 2. The second-order valence-corrected chi connectivity index (χ2v) is 5.46. The average Bonchev–Trinajstić information content (AvgIpc) is 2.25. The average molecular weight is 288 g/mol. The fourth-order valence-electron chi connectivity index (χ4n) is 1.07. The summed E-state index contributed by atoms with van der Waals surface area (Å²) < 4.78 is 0. The van der Waals surface area contributed by atoms with Crippen molar-refractivity contribution in [2.45, 2.75) is 26.4 Å². The van der Waals surface area contributed by atoms with Crippen molar-refractivity contribution < 1.29 is 9.63 Å². The summed E-state index contributed by atoms with van der Waals surface area (Å²) in [6.07, 6.45) is 2.87. The zero-order valence-corrected chi connectivity index (χ0v) is 12.0. The molecule has 1 aromatic carbocycles. The van der Waals surface area contributed by atoms with Gasteiger partial charge in [-0.25, -0.2) is 5.48 Å². The Hall–Kier alpha value is -1.03. The second kappa shape index (κ2) is 6.23. The maximum Gasteiger partial charge on any atom is 0.267 e. The van der Waals surface area contributed by atoms with Crippen molar-refractivity contribution >= 4 is 35.2 Å². The van der Waals surface area contributed by atoms with E-state index < -0.39 is 5.60 Å². The van der Waals surface area contributed by atoms with Gasteiger partial charge in [-0.05, 0) is 39.0 Å². The minimum absolute atomic E-state index is 0.374. The van der Waals surface area contributed by atoms with Gasteiger partial charge in [-0.1, -0.05) is 29.3 Å². The number of hydroxylamine groups is 1. The number of benzene rings is 1. The van der Waals surface area contributed by atoms with Gasteiger partial charge < -0.3 is 0 Å². The van der Waals surface area contributed by atoms with E-state index in [0.29, 0.717) is 15.6 Å². The first-order valence-corrected chi connectivity index (χ1v) is 6.15. The van der Waals surface area contributed by atoms with Gasteiger partial charge in [0.2, 0.25) is 0 Å². The Labute approximate surface area is 117 Å². The molecule has 0 radical (unpaired) electrons. The maximum absolute atomic E-state index is 11.5. The second-order valence-electron chi connectivity index (χ2n) is 4.65. The number of hydrogen-bond acceptors (Lipinski definition) is 2. The highest BCUT2D eigenvalue weighted by atomic mass is 35.5. The molecule has 1 rings (SSSR count). The first-order chi connectivity index (χ1) is 8.29. The Morgan fingerprint density at radius 2 is 1.83 bits per heavy atom. The Balaban J connectivity index is 2.67. The molecule has 18 heavy (non-hydrogen) atoms. The molecular formula is C13H15Cl2NO2. The van der Waals surface area contributed by atoms with E-state index in [4.69, 9.17) is 28.0 Å².